The number of likely N-dealkylation sites (tertiary alicyclic amines) is 1. The smallest absolute Gasteiger partial charge is 0.261 e. The second-order valence-corrected chi connectivity index (χ2v) is 9.58. The molecule has 0 aliphatic carbocycles. The molecule has 2 N–H and O–H groups in total. The zero-order valence-corrected chi connectivity index (χ0v) is 17.6. The number of hydrogen-bond acceptors (Lipinski definition) is 4. The molecule has 0 spiro atoms. The summed E-state index contributed by atoms with van der Waals surface area (Å²) in [5.74, 6) is 0.925. The molecule has 1 aliphatic rings. The number of halogens is 1. The Kier molecular flexibility index (Phi) is 7.90. The molecule has 5 nitrogen and oxygen atoms in total. The highest BCUT2D eigenvalue weighted by Crippen LogP contribution is 2.22. The van der Waals surface area contributed by atoms with Gasteiger partial charge in [0.1, 0.15) is 0 Å². The number of thiophene rings is 1. The SMILES string of the molecule is CC1CCN(C(CNC(=O)CNC(=O)c2ccc(Br)s2)C(C)C)CC1. The molecule has 0 aromatic carbocycles. The summed E-state index contributed by atoms with van der Waals surface area (Å²) in [7, 11) is 0. The molecular formula is C18H28BrN3O2S. The van der Waals surface area contributed by atoms with Crippen molar-refractivity contribution < 1.29 is 9.59 Å². The van der Waals surface area contributed by atoms with Crippen molar-refractivity contribution in [1.82, 2.24) is 15.5 Å². The number of nitrogens with zero attached hydrogens (tertiary/aromatic N) is 1. The summed E-state index contributed by atoms with van der Waals surface area (Å²) in [6, 6.07) is 3.92. The third-order valence-electron chi connectivity index (χ3n) is 4.77. The Labute approximate surface area is 162 Å². The van der Waals surface area contributed by atoms with Crippen LogP contribution in [0.3, 0.4) is 0 Å². The highest BCUT2D eigenvalue weighted by Gasteiger charge is 2.25. The number of rotatable bonds is 7. The lowest BCUT2D eigenvalue weighted by atomic mass is 9.94. The Morgan fingerprint density at radius 3 is 2.52 bits per heavy atom. The van der Waals surface area contributed by atoms with Gasteiger partial charge in [0.15, 0.2) is 0 Å². The molecule has 1 fully saturated rings. The number of hydrogen-bond donors (Lipinski definition) is 2. The van der Waals surface area contributed by atoms with E-state index in [9.17, 15) is 9.59 Å². The van der Waals surface area contributed by atoms with Gasteiger partial charge >= 0.3 is 0 Å². The fourth-order valence-electron chi connectivity index (χ4n) is 3.11. The van der Waals surface area contributed by atoms with E-state index in [-0.39, 0.29) is 18.4 Å². The summed E-state index contributed by atoms with van der Waals surface area (Å²) < 4.78 is 0.901. The van der Waals surface area contributed by atoms with Crippen molar-refractivity contribution in [3.8, 4) is 0 Å². The van der Waals surface area contributed by atoms with E-state index < -0.39 is 0 Å². The van der Waals surface area contributed by atoms with Crippen LogP contribution in [0.15, 0.2) is 15.9 Å². The van der Waals surface area contributed by atoms with Crippen LogP contribution in [0.1, 0.15) is 43.3 Å². The van der Waals surface area contributed by atoms with Gasteiger partial charge in [0, 0.05) is 12.6 Å². The predicted octanol–water partition coefficient (Wildman–Crippen LogP) is 3.11. The number of carbonyl (C=O) groups excluding carboxylic acids is 2. The molecule has 1 aromatic rings. The van der Waals surface area contributed by atoms with Crippen LogP contribution in [0.2, 0.25) is 0 Å². The lowest BCUT2D eigenvalue weighted by Gasteiger charge is -2.38. The van der Waals surface area contributed by atoms with Crippen LogP contribution in [0.5, 0.6) is 0 Å². The van der Waals surface area contributed by atoms with E-state index in [2.05, 4.69) is 52.2 Å². The first-order valence-electron chi connectivity index (χ1n) is 8.91. The van der Waals surface area contributed by atoms with Crippen LogP contribution >= 0.6 is 27.3 Å². The van der Waals surface area contributed by atoms with Gasteiger partial charge in [-0.2, -0.15) is 0 Å². The minimum Gasteiger partial charge on any atom is -0.353 e. The zero-order valence-electron chi connectivity index (χ0n) is 15.2. The molecule has 0 saturated carbocycles. The molecule has 0 bridgehead atoms. The standard InChI is InChI=1S/C18H28BrN3O2S/c1-12(2)14(22-8-6-13(3)7-9-22)10-20-17(23)11-21-18(24)15-4-5-16(19)25-15/h4-5,12-14H,6-11H2,1-3H3,(H,20,23)(H,21,24). The first-order chi connectivity index (χ1) is 11.9. The molecule has 1 saturated heterocycles. The van der Waals surface area contributed by atoms with Crippen LogP contribution in [0.25, 0.3) is 0 Å². The van der Waals surface area contributed by atoms with Gasteiger partial charge in [-0.3, -0.25) is 14.5 Å². The normalized spacial score (nSPS) is 17.5. The Balaban J connectivity index is 1.76. The average molecular weight is 430 g/mol. The third kappa shape index (κ3) is 6.38. The second-order valence-electron chi connectivity index (χ2n) is 7.12. The Morgan fingerprint density at radius 2 is 1.96 bits per heavy atom. The van der Waals surface area contributed by atoms with Gasteiger partial charge < -0.3 is 10.6 Å². The maximum absolute atomic E-state index is 12.1. The molecule has 1 aromatic heterocycles. The Morgan fingerprint density at radius 1 is 1.28 bits per heavy atom. The third-order valence-corrected chi connectivity index (χ3v) is 6.39. The van der Waals surface area contributed by atoms with Crippen molar-refractivity contribution in [3.05, 3.63) is 20.8 Å². The summed E-state index contributed by atoms with van der Waals surface area (Å²) in [4.78, 5) is 27.2. The number of piperidine rings is 1. The molecular weight excluding hydrogens is 402 g/mol. The van der Waals surface area contributed by atoms with E-state index in [0.29, 0.717) is 23.4 Å². The van der Waals surface area contributed by atoms with Crippen molar-refractivity contribution in [1.29, 1.82) is 0 Å². The van der Waals surface area contributed by atoms with Gasteiger partial charge in [-0.15, -0.1) is 11.3 Å². The van der Waals surface area contributed by atoms with Gasteiger partial charge in [-0.05, 0) is 65.8 Å². The van der Waals surface area contributed by atoms with E-state index in [1.54, 1.807) is 6.07 Å². The molecule has 25 heavy (non-hydrogen) atoms. The first-order valence-corrected chi connectivity index (χ1v) is 10.5. The Bertz CT molecular complexity index is 583. The number of amides is 2. The van der Waals surface area contributed by atoms with Crippen LogP contribution in [-0.4, -0.2) is 48.9 Å². The van der Waals surface area contributed by atoms with Gasteiger partial charge in [0.05, 0.1) is 15.2 Å². The highest BCUT2D eigenvalue weighted by molar-refractivity contribution is 9.11. The average Bonchev–Trinajstić information content (AvgIpc) is 3.00. The van der Waals surface area contributed by atoms with Gasteiger partial charge in [-0.1, -0.05) is 20.8 Å². The minimum atomic E-state index is -0.212. The monoisotopic (exact) mass is 429 g/mol. The molecule has 1 unspecified atom stereocenters. The van der Waals surface area contributed by atoms with Crippen molar-refractivity contribution in [2.24, 2.45) is 11.8 Å². The van der Waals surface area contributed by atoms with Crippen LogP contribution in [0.4, 0.5) is 0 Å². The van der Waals surface area contributed by atoms with E-state index in [1.165, 1.54) is 24.2 Å². The summed E-state index contributed by atoms with van der Waals surface area (Å²) >= 11 is 4.69. The first kappa shape index (κ1) is 20.4. The predicted molar refractivity (Wildman–Crippen MR) is 106 cm³/mol. The number of nitrogens with one attached hydrogen (secondary N) is 2. The summed E-state index contributed by atoms with van der Waals surface area (Å²) in [6.45, 7) is 9.55. The maximum Gasteiger partial charge on any atom is 0.261 e. The zero-order chi connectivity index (χ0) is 18.4. The van der Waals surface area contributed by atoms with Crippen molar-refractivity contribution in [3.63, 3.8) is 0 Å². The molecule has 1 aliphatic heterocycles. The van der Waals surface area contributed by atoms with Gasteiger partial charge in [-0.25, -0.2) is 0 Å². The quantitative estimate of drug-likeness (QED) is 0.699. The largest absolute Gasteiger partial charge is 0.353 e. The molecule has 7 heteroatoms. The van der Waals surface area contributed by atoms with Crippen LogP contribution in [0, 0.1) is 11.8 Å². The van der Waals surface area contributed by atoms with Gasteiger partial charge in [0.2, 0.25) is 5.91 Å². The fraction of sp³-hybridized carbons (Fsp3) is 0.667. The topological polar surface area (TPSA) is 61.4 Å². The second kappa shape index (κ2) is 9.69. The van der Waals surface area contributed by atoms with Crippen molar-refractivity contribution in [2.75, 3.05) is 26.2 Å². The fourth-order valence-corrected chi connectivity index (χ4v) is 4.41. The molecule has 2 rings (SSSR count). The van der Waals surface area contributed by atoms with E-state index in [1.807, 2.05) is 6.07 Å². The van der Waals surface area contributed by atoms with E-state index >= 15 is 0 Å². The van der Waals surface area contributed by atoms with Crippen molar-refractivity contribution >= 4 is 39.1 Å². The van der Waals surface area contributed by atoms with Crippen LogP contribution < -0.4 is 10.6 Å². The lowest BCUT2D eigenvalue weighted by molar-refractivity contribution is -0.120. The molecule has 0 radical (unpaired) electrons. The maximum atomic E-state index is 12.1. The summed E-state index contributed by atoms with van der Waals surface area (Å²) in [5, 5.41) is 5.66. The highest BCUT2D eigenvalue weighted by atomic mass is 79.9. The molecule has 140 valence electrons. The summed E-state index contributed by atoms with van der Waals surface area (Å²) in [6.07, 6.45) is 2.45. The van der Waals surface area contributed by atoms with E-state index in [0.717, 1.165) is 22.8 Å². The van der Waals surface area contributed by atoms with Gasteiger partial charge in [0.25, 0.3) is 5.91 Å². The molecule has 2 heterocycles. The molecule has 1 atom stereocenters. The summed E-state index contributed by atoms with van der Waals surface area (Å²) in [5.41, 5.74) is 0. The molecule has 2 amide bonds. The Hall–Kier alpha value is -0.920. The number of carbonyl (C=O) groups is 2. The van der Waals surface area contributed by atoms with Crippen LogP contribution in [-0.2, 0) is 4.79 Å². The minimum absolute atomic E-state index is 0.0101. The lowest BCUT2D eigenvalue weighted by Crippen LogP contribution is -2.50. The van der Waals surface area contributed by atoms with E-state index in [4.69, 9.17) is 0 Å². The van der Waals surface area contributed by atoms with Crippen molar-refractivity contribution in [2.45, 2.75) is 39.7 Å².